The fourth-order valence-corrected chi connectivity index (χ4v) is 1.87. The predicted octanol–water partition coefficient (Wildman–Crippen LogP) is 1.55. The molecule has 0 radical (unpaired) electrons. The summed E-state index contributed by atoms with van der Waals surface area (Å²) in [5, 5.41) is 3.32. The summed E-state index contributed by atoms with van der Waals surface area (Å²) in [6.07, 6.45) is 4.42. The number of amides is 1. The van der Waals surface area contributed by atoms with E-state index in [-0.39, 0.29) is 5.91 Å². The zero-order chi connectivity index (χ0) is 11.4. The molecule has 0 atom stereocenters. The van der Waals surface area contributed by atoms with Crippen LogP contribution in [0.4, 0.5) is 0 Å². The van der Waals surface area contributed by atoms with Gasteiger partial charge >= 0.3 is 0 Å². The lowest BCUT2D eigenvalue weighted by Gasteiger charge is -2.15. The third-order valence-electron chi connectivity index (χ3n) is 2.81. The highest BCUT2D eigenvalue weighted by Crippen LogP contribution is 2.15. The Bertz CT molecular complexity index is 398. The third-order valence-corrected chi connectivity index (χ3v) is 2.81. The Labute approximate surface area is 95.3 Å². The fraction of sp³-hybridized carbons (Fsp3) is 0.308. The number of carbonyl (C=O) groups is 1. The smallest absolute Gasteiger partial charge is 0.248 e. The summed E-state index contributed by atoms with van der Waals surface area (Å²) in [4.78, 5) is 10.9. The van der Waals surface area contributed by atoms with Crippen molar-refractivity contribution in [3.05, 3.63) is 41.0 Å². The molecule has 1 aromatic rings. The predicted molar refractivity (Wildman–Crippen MR) is 65.0 cm³/mol. The number of nitrogens with two attached hydrogens (primary N) is 1. The zero-order valence-electron chi connectivity index (χ0n) is 9.20. The van der Waals surface area contributed by atoms with Crippen LogP contribution >= 0.6 is 0 Å². The standard InChI is InChI=1S/C13H16N2O/c14-13(16)12-3-1-10(2-4-12)9-11-5-7-15-8-6-11/h1-4,9,15H,5-8H2,(H2,14,16). The number of rotatable bonds is 2. The Hall–Kier alpha value is -1.61. The molecule has 0 saturated carbocycles. The lowest BCUT2D eigenvalue weighted by atomic mass is 10.0. The quantitative estimate of drug-likeness (QED) is 0.788. The topological polar surface area (TPSA) is 55.1 Å². The van der Waals surface area contributed by atoms with Crippen molar-refractivity contribution >= 4 is 12.0 Å². The van der Waals surface area contributed by atoms with E-state index >= 15 is 0 Å². The summed E-state index contributed by atoms with van der Waals surface area (Å²) in [6.45, 7) is 2.12. The summed E-state index contributed by atoms with van der Waals surface area (Å²) in [7, 11) is 0. The van der Waals surface area contributed by atoms with Crippen LogP contribution < -0.4 is 11.1 Å². The maximum atomic E-state index is 10.9. The Balaban J connectivity index is 2.12. The molecule has 0 aliphatic carbocycles. The molecule has 1 fully saturated rings. The molecule has 2 rings (SSSR count). The number of nitrogens with one attached hydrogen (secondary N) is 1. The zero-order valence-corrected chi connectivity index (χ0v) is 9.20. The number of hydrogen-bond acceptors (Lipinski definition) is 2. The van der Waals surface area contributed by atoms with Gasteiger partial charge in [0.1, 0.15) is 0 Å². The number of primary amides is 1. The molecule has 16 heavy (non-hydrogen) atoms. The second-order valence-electron chi connectivity index (χ2n) is 4.04. The molecule has 3 nitrogen and oxygen atoms in total. The van der Waals surface area contributed by atoms with E-state index < -0.39 is 0 Å². The fourth-order valence-electron chi connectivity index (χ4n) is 1.87. The minimum Gasteiger partial charge on any atom is -0.366 e. The van der Waals surface area contributed by atoms with Gasteiger partial charge in [0.05, 0.1) is 0 Å². The van der Waals surface area contributed by atoms with Gasteiger partial charge in [0.25, 0.3) is 0 Å². The minimum atomic E-state index is -0.374. The Kier molecular flexibility index (Phi) is 3.37. The highest BCUT2D eigenvalue weighted by molar-refractivity contribution is 5.92. The Morgan fingerprint density at radius 1 is 1.19 bits per heavy atom. The van der Waals surface area contributed by atoms with Gasteiger partial charge in [0.2, 0.25) is 5.91 Å². The first-order valence-electron chi connectivity index (χ1n) is 5.56. The average molecular weight is 216 g/mol. The summed E-state index contributed by atoms with van der Waals surface area (Å²) in [5.41, 5.74) is 8.35. The van der Waals surface area contributed by atoms with Crippen molar-refractivity contribution in [3.8, 4) is 0 Å². The van der Waals surface area contributed by atoms with Crippen molar-refractivity contribution in [2.75, 3.05) is 13.1 Å². The van der Waals surface area contributed by atoms with Crippen LogP contribution in [0.1, 0.15) is 28.8 Å². The van der Waals surface area contributed by atoms with Crippen molar-refractivity contribution < 1.29 is 4.79 Å². The highest BCUT2D eigenvalue weighted by atomic mass is 16.1. The maximum Gasteiger partial charge on any atom is 0.248 e. The van der Waals surface area contributed by atoms with E-state index in [2.05, 4.69) is 11.4 Å². The first kappa shape index (κ1) is 10.9. The van der Waals surface area contributed by atoms with Gasteiger partial charge in [-0.25, -0.2) is 0 Å². The van der Waals surface area contributed by atoms with Gasteiger partial charge < -0.3 is 11.1 Å². The second-order valence-corrected chi connectivity index (χ2v) is 4.04. The molecule has 1 amide bonds. The Morgan fingerprint density at radius 3 is 2.38 bits per heavy atom. The van der Waals surface area contributed by atoms with Crippen molar-refractivity contribution in [2.45, 2.75) is 12.8 Å². The molecule has 1 aliphatic heterocycles. The number of piperidine rings is 1. The molecule has 84 valence electrons. The monoisotopic (exact) mass is 216 g/mol. The van der Waals surface area contributed by atoms with E-state index in [1.807, 2.05) is 12.1 Å². The van der Waals surface area contributed by atoms with Crippen molar-refractivity contribution in [3.63, 3.8) is 0 Å². The van der Waals surface area contributed by atoms with Crippen LogP contribution in [0.3, 0.4) is 0 Å². The molecule has 0 unspecified atom stereocenters. The summed E-state index contributed by atoms with van der Waals surface area (Å²) >= 11 is 0. The van der Waals surface area contributed by atoms with Crippen LogP contribution in [-0.2, 0) is 0 Å². The molecular formula is C13H16N2O. The van der Waals surface area contributed by atoms with Gasteiger partial charge in [-0.05, 0) is 43.6 Å². The highest BCUT2D eigenvalue weighted by Gasteiger charge is 2.04. The lowest BCUT2D eigenvalue weighted by molar-refractivity contribution is 0.100. The largest absolute Gasteiger partial charge is 0.366 e. The van der Waals surface area contributed by atoms with Crippen molar-refractivity contribution in [2.24, 2.45) is 5.73 Å². The van der Waals surface area contributed by atoms with Crippen LogP contribution in [0.2, 0.25) is 0 Å². The normalized spacial score (nSPS) is 15.9. The molecule has 1 aliphatic rings. The van der Waals surface area contributed by atoms with Gasteiger partial charge in [-0.1, -0.05) is 23.8 Å². The molecule has 1 aromatic carbocycles. The molecule has 0 spiro atoms. The summed E-state index contributed by atoms with van der Waals surface area (Å²) in [5.74, 6) is -0.374. The minimum absolute atomic E-state index is 0.374. The van der Waals surface area contributed by atoms with Gasteiger partial charge in [-0.3, -0.25) is 4.79 Å². The molecule has 0 bridgehead atoms. The maximum absolute atomic E-state index is 10.9. The Morgan fingerprint density at radius 2 is 1.81 bits per heavy atom. The first-order chi connectivity index (χ1) is 7.75. The van der Waals surface area contributed by atoms with Crippen LogP contribution in [0.25, 0.3) is 6.08 Å². The average Bonchev–Trinajstić information content (AvgIpc) is 2.31. The molecule has 3 N–H and O–H groups in total. The summed E-state index contributed by atoms with van der Waals surface area (Å²) in [6, 6.07) is 7.43. The van der Waals surface area contributed by atoms with E-state index in [4.69, 9.17) is 5.73 Å². The molecule has 0 aromatic heterocycles. The summed E-state index contributed by atoms with van der Waals surface area (Å²) < 4.78 is 0. The molecule has 1 heterocycles. The van der Waals surface area contributed by atoms with E-state index in [0.29, 0.717) is 5.56 Å². The van der Waals surface area contributed by atoms with Gasteiger partial charge in [-0.2, -0.15) is 0 Å². The number of benzene rings is 1. The lowest BCUT2D eigenvalue weighted by Crippen LogP contribution is -2.22. The van der Waals surface area contributed by atoms with Crippen molar-refractivity contribution in [1.82, 2.24) is 5.32 Å². The van der Waals surface area contributed by atoms with Crippen LogP contribution in [0.5, 0.6) is 0 Å². The number of hydrogen-bond donors (Lipinski definition) is 2. The van der Waals surface area contributed by atoms with Gasteiger partial charge in [0, 0.05) is 5.56 Å². The van der Waals surface area contributed by atoms with Crippen LogP contribution in [-0.4, -0.2) is 19.0 Å². The molecule has 1 saturated heterocycles. The third kappa shape index (κ3) is 2.70. The van der Waals surface area contributed by atoms with Crippen LogP contribution in [0, 0.1) is 0 Å². The SMILES string of the molecule is NC(=O)c1ccc(C=C2CCNCC2)cc1. The molecular weight excluding hydrogens is 200 g/mol. The molecule has 3 heteroatoms. The van der Waals surface area contributed by atoms with Gasteiger partial charge in [0.15, 0.2) is 0 Å². The van der Waals surface area contributed by atoms with E-state index in [9.17, 15) is 4.79 Å². The van der Waals surface area contributed by atoms with E-state index in [1.54, 1.807) is 12.1 Å². The van der Waals surface area contributed by atoms with E-state index in [1.165, 1.54) is 5.57 Å². The second kappa shape index (κ2) is 4.94. The van der Waals surface area contributed by atoms with Gasteiger partial charge in [-0.15, -0.1) is 0 Å². The van der Waals surface area contributed by atoms with Crippen LogP contribution in [0.15, 0.2) is 29.8 Å². The van der Waals surface area contributed by atoms with E-state index in [0.717, 1.165) is 31.5 Å². The van der Waals surface area contributed by atoms with Crippen molar-refractivity contribution in [1.29, 1.82) is 0 Å². The number of carbonyl (C=O) groups excluding carboxylic acids is 1. The first-order valence-corrected chi connectivity index (χ1v) is 5.56.